The second-order valence-corrected chi connectivity index (χ2v) is 36.0. The fourth-order valence-electron chi connectivity index (χ4n) is 15.5. The van der Waals surface area contributed by atoms with Gasteiger partial charge in [0.05, 0.1) is 37.2 Å². The van der Waals surface area contributed by atoms with Gasteiger partial charge >= 0.3 is 0 Å². The van der Waals surface area contributed by atoms with Gasteiger partial charge in [0.2, 0.25) is 0 Å². The maximum absolute atomic E-state index is 13.9. The third kappa shape index (κ3) is 34.8. The van der Waals surface area contributed by atoms with E-state index in [0.717, 1.165) is 160 Å². The molecule has 0 bridgehead atoms. The predicted molar refractivity (Wildman–Crippen MR) is 476 cm³/mol. The average Bonchev–Trinajstić information content (AvgIpc) is 1.02. The number of halogens is 1. The van der Waals surface area contributed by atoms with Gasteiger partial charge in [-0.2, -0.15) is 0 Å². The lowest BCUT2D eigenvalue weighted by Crippen LogP contribution is -2.42. The Morgan fingerprint density at radius 1 is 0.429 bits per heavy atom. The highest BCUT2D eigenvalue weighted by Gasteiger charge is 2.26. The molecule has 13 rings (SSSR count). The van der Waals surface area contributed by atoms with Crippen molar-refractivity contribution < 1.29 is 33.2 Å². The molecule has 6 aromatic rings. The van der Waals surface area contributed by atoms with Gasteiger partial charge < -0.3 is 55.0 Å². The Kier molecular flexibility index (Phi) is 41.4. The Bertz CT molecular complexity index is 3340. The zero-order chi connectivity index (χ0) is 81.0. The Morgan fingerprint density at radius 2 is 0.804 bits per heavy atom. The maximum Gasteiger partial charge on any atom is 0.146 e. The van der Waals surface area contributed by atoms with E-state index >= 15 is 0 Å². The third-order valence-corrected chi connectivity index (χ3v) is 23.8. The van der Waals surface area contributed by atoms with E-state index in [1.807, 2.05) is 26.0 Å². The van der Waals surface area contributed by atoms with Crippen LogP contribution in [-0.2, 0) is 30.2 Å². The lowest BCUT2D eigenvalue weighted by atomic mass is 9.75. The van der Waals surface area contributed by atoms with Crippen molar-refractivity contribution in [1.82, 2.24) is 4.90 Å². The van der Waals surface area contributed by atoms with Crippen molar-refractivity contribution in [3.8, 4) is 0 Å². The molecule has 0 aromatic heterocycles. The molecule has 12 nitrogen and oxygen atoms in total. The second kappa shape index (κ2) is 49.8. The Morgan fingerprint density at radius 3 is 1.21 bits per heavy atom. The van der Waals surface area contributed by atoms with Crippen molar-refractivity contribution >= 4 is 28.4 Å². The molecule has 0 amide bonds. The number of nitrogens with one attached hydrogen (secondary N) is 4. The first-order valence-electron chi connectivity index (χ1n) is 44.1. The minimum atomic E-state index is -0.463. The third-order valence-electron chi connectivity index (χ3n) is 23.8. The molecule has 7 aliphatic rings. The summed E-state index contributed by atoms with van der Waals surface area (Å²) in [5, 5.41) is 23.6. The number of ether oxygens (including phenoxy) is 5. The lowest BCUT2D eigenvalue weighted by Gasteiger charge is -2.33. The van der Waals surface area contributed by atoms with Gasteiger partial charge in [-0.05, 0) is 257 Å². The number of rotatable bonds is 22. The molecule has 2 saturated carbocycles. The number of aliphatic hydroxyl groups is 1. The van der Waals surface area contributed by atoms with Crippen LogP contribution in [0.4, 0.5) is 32.8 Å². The van der Waals surface area contributed by atoms with Crippen molar-refractivity contribution in [2.24, 2.45) is 17.8 Å². The zero-order valence-electron chi connectivity index (χ0n) is 73.2. The van der Waals surface area contributed by atoms with Crippen molar-refractivity contribution in [2.45, 2.75) is 311 Å². The van der Waals surface area contributed by atoms with Gasteiger partial charge in [-0.25, -0.2) is 4.39 Å². The van der Waals surface area contributed by atoms with Crippen LogP contribution in [0.5, 0.6) is 0 Å². The standard InChI is InChI=1S/2C15H23NO.C14H20FNO.C14H21NO.C14H21N.C14H28O.C13H19NO/c1-12(2)13-4-6-14(7-5-13)16(3)15-8-10-17-11-9-15;1-12(2)15-6-4-14(5-7-15)10-16-8-9-17-11-13(16)3;1-10(2)11-3-4-14(13(15)9-11)16-12-5-7-17-8-6-12;1-11(2)12-3-5-13(6-4-12)15-14-7-9-16-10-8-14;1-11(2)12-7-9-14(10-8-12)15-13-5-3-4-6-13;1-11(2)13-7-5-12(6-8-13)9-10-14(3,4)15;1-10(2)11-3-5-12(6-4-11)14-13-7-8-15-9-13/h4-7,12,15H,8-11H2,1-3H3;4-7,12-13H,8-11H2,1-3H3;3-4,9-10,12,16H,5-8H2,1-2H3;3-6,11,14-15H,7-10H2,1-2H3;7-11,13,15H,3-6H2,1-2H3;11-13,15H,5-10H2,1-4H3;3-6,10,13-14H,7-9H2,1-2H3/t;13-;;;;;/m.0...../s1. The molecule has 0 radical (unpaired) electrons. The van der Waals surface area contributed by atoms with E-state index in [0.29, 0.717) is 71.4 Å². The van der Waals surface area contributed by atoms with Gasteiger partial charge in [-0.1, -0.05) is 201 Å². The van der Waals surface area contributed by atoms with E-state index in [2.05, 4.69) is 263 Å². The first-order chi connectivity index (χ1) is 53.7. The molecule has 5 saturated heterocycles. The van der Waals surface area contributed by atoms with E-state index in [1.54, 1.807) is 6.07 Å². The summed E-state index contributed by atoms with van der Waals surface area (Å²) < 4.78 is 40.7. The van der Waals surface area contributed by atoms with Gasteiger partial charge in [-0.15, -0.1) is 0 Å². The number of benzene rings is 6. The highest BCUT2D eigenvalue weighted by Crippen LogP contribution is 2.37. The summed E-state index contributed by atoms with van der Waals surface area (Å²) in [6, 6.07) is 53.2. The van der Waals surface area contributed by atoms with E-state index in [4.69, 9.17) is 23.7 Å². The van der Waals surface area contributed by atoms with Gasteiger partial charge in [0.15, 0.2) is 0 Å². The fourth-order valence-corrected chi connectivity index (χ4v) is 15.5. The Balaban J connectivity index is 0.000000181. The fraction of sp³-hybridized carbons (Fsp3) is 0.636. The number of hydrogen-bond donors (Lipinski definition) is 5. The molecule has 6 aromatic carbocycles. The van der Waals surface area contributed by atoms with E-state index in [1.165, 1.54) is 114 Å². The molecule has 112 heavy (non-hydrogen) atoms. The zero-order valence-corrected chi connectivity index (χ0v) is 73.2. The summed E-state index contributed by atoms with van der Waals surface area (Å²) >= 11 is 0. The number of anilines is 5. The summed E-state index contributed by atoms with van der Waals surface area (Å²) in [5.41, 5.74) is 14.7. The van der Waals surface area contributed by atoms with Crippen LogP contribution in [0.25, 0.3) is 0 Å². The van der Waals surface area contributed by atoms with Gasteiger partial charge in [0.25, 0.3) is 0 Å². The van der Waals surface area contributed by atoms with Crippen LogP contribution in [0.1, 0.15) is 301 Å². The molecule has 624 valence electrons. The van der Waals surface area contributed by atoms with Crippen LogP contribution in [0.3, 0.4) is 0 Å². The van der Waals surface area contributed by atoms with Gasteiger partial charge in [-0.3, -0.25) is 4.90 Å². The van der Waals surface area contributed by atoms with E-state index in [9.17, 15) is 9.50 Å². The first kappa shape index (κ1) is 93.1. The van der Waals surface area contributed by atoms with Crippen LogP contribution in [-0.4, -0.2) is 132 Å². The molecule has 13 heteroatoms. The molecule has 2 atom stereocenters. The summed E-state index contributed by atoms with van der Waals surface area (Å²) in [6.45, 7) is 47.9. The predicted octanol–water partition coefficient (Wildman–Crippen LogP) is 24.6. The SMILES string of the molecule is CC(C)C1CCC(CCC(C)(C)O)CC1.CC(C)c1ccc(CN2CCOC[C@@H]2C)cc1.CC(C)c1ccc(N(C)C2CCOCC2)cc1.CC(C)c1ccc(NC2CCCC2)cc1.CC(C)c1ccc(NC2CCOC2)cc1.CC(C)c1ccc(NC2CCOCC2)c(F)c1.CC(C)c1ccc(NC2CCOCC2)cc1. The molecule has 0 spiro atoms. The molecular formula is C99H155FN6O6. The maximum atomic E-state index is 13.9. The largest absolute Gasteiger partial charge is 0.390 e. The van der Waals surface area contributed by atoms with Crippen LogP contribution in [0, 0.1) is 23.6 Å². The Hall–Kier alpha value is -6.03. The van der Waals surface area contributed by atoms with Crippen LogP contribution >= 0.6 is 0 Å². The van der Waals surface area contributed by atoms with Crippen molar-refractivity contribution in [3.05, 3.63) is 184 Å². The highest BCUT2D eigenvalue weighted by atomic mass is 19.1. The summed E-state index contributed by atoms with van der Waals surface area (Å²) in [6.07, 6.45) is 20.8. The van der Waals surface area contributed by atoms with Gasteiger partial charge in [0.1, 0.15) is 5.82 Å². The Labute approximate surface area is 681 Å². The average molecular weight is 1540 g/mol. The molecule has 7 fully saturated rings. The molecule has 5 aliphatic heterocycles. The van der Waals surface area contributed by atoms with E-state index < -0.39 is 5.60 Å². The van der Waals surface area contributed by atoms with Crippen molar-refractivity contribution in [1.29, 1.82) is 0 Å². The highest BCUT2D eigenvalue weighted by molar-refractivity contribution is 5.51. The topological polar surface area (TPSA) is 121 Å². The van der Waals surface area contributed by atoms with Crippen molar-refractivity contribution in [2.75, 3.05) is 106 Å². The number of nitrogens with zero attached hydrogens (tertiary/aromatic N) is 2. The summed E-state index contributed by atoms with van der Waals surface area (Å²) in [7, 11) is 2.19. The first-order valence-corrected chi connectivity index (χ1v) is 44.1. The van der Waals surface area contributed by atoms with E-state index in [-0.39, 0.29) is 5.82 Å². The molecule has 2 aliphatic carbocycles. The van der Waals surface area contributed by atoms with Crippen LogP contribution < -0.4 is 26.2 Å². The minimum absolute atomic E-state index is 0.150. The normalized spacial score (nSPS) is 20.1. The van der Waals surface area contributed by atoms with Crippen LogP contribution in [0.2, 0.25) is 0 Å². The van der Waals surface area contributed by atoms with Crippen LogP contribution in [0.15, 0.2) is 140 Å². The molecular weight excluding hydrogens is 1390 g/mol. The summed E-state index contributed by atoms with van der Waals surface area (Å²) in [5.74, 6) is 5.99. The number of hydrogen-bond acceptors (Lipinski definition) is 12. The summed E-state index contributed by atoms with van der Waals surface area (Å²) in [4.78, 5) is 4.89. The van der Waals surface area contributed by atoms with Gasteiger partial charge in [0, 0.05) is 119 Å². The molecule has 5 heterocycles. The minimum Gasteiger partial charge on any atom is -0.390 e. The second-order valence-electron chi connectivity index (χ2n) is 36.0. The monoisotopic (exact) mass is 1540 g/mol. The smallest absolute Gasteiger partial charge is 0.146 e. The lowest BCUT2D eigenvalue weighted by molar-refractivity contribution is -0.00437. The quantitative estimate of drug-likeness (QED) is 0.0445. The molecule has 5 N–H and O–H groups in total. The van der Waals surface area contributed by atoms with Crippen molar-refractivity contribution in [3.63, 3.8) is 0 Å². The number of morpholine rings is 1. The molecule has 1 unspecified atom stereocenters.